The smallest absolute Gasteiger partial charge is 0.272 e. The molecule has 0 bridgehead atoms. The highest BCUT2D eigenvalue weighted by Gasteiger charge is 2.26. The Labute approximate surface area is 197 Å². The maximum Gasteiger partial charge on any atom is 0.272 e. The molecule has 1 unspecified atom stereocenters. The zero-order valence-corrected chi connectivity index (χ0v) is 20.3. The van der Waals surface area contributed by atoms with Crippen LogP contribution in [0.15, 0.2) is 12.1 Å². The van der Waals surface area contributed by atoms with Crippen molar-refractivity contribution in [1.29, 1.82) is 0 Å². The van der Waals surface area contributed by atoms with Gasteiger partial charge in [0.2, 0.25) is 0 Å². The topological polar surface area (TPSA) is 69.5 Å². The van der Waals surface area contributed by atoms with Crippen LogP contribution in [0.2, 0.25) is 0 Å². The summed E-state index contributed by atoms with van der Waals surface area (Å²) in [6.07, 6.45) is 8.41. The quantitative estimate of drug-likeness (QED) is 0.725. The van der Waals surface area contributed by atoms with E-state index in [1.165, 1.54) is 51.7 Å². The summed E-state index contributed by atoms with van der Waals surface area (Å²) in [4.78, 5) is 25.5. The number of carbonyl (C=O) groups excluding carboxylic acids is 1. The highest BCUT2D eigenvalue weighted by atomic mass is 16.2. The van der Waals surface area contributed by atoms with E-state index in [1.807, 2.05) is 13.1 Å². The van der Waals surface area contributed by atoms with Gasteiger partial charge in [-0.05, 0) is 77.1 Å². The first-order chi connectivity index (χ1) is 16.1. The molecule has 8 nitrogen and oxygen atoms in total. The largest absolute Gasteiger partial charge is 0.354 e. The lowest BCUT2D eigenvalue weighted by molar-refractivity contribution is 0.0904. The molecule has 0 aliphatic carbocycles. The number of anilines is 1. The average molecular weight is 454 g/mol. The monoisotopic (exact) mass is 453 g/mol. The van der Waals surface area contributed by atoms with E-state index in [0.717, 1.165) is 55.9 Å². The van der Waals surface area contributed by atoms with Crippen LogP contribution in [0.1, 0.15) is 62.4 Å². The van der Waals surface area contributed by atoms with Gasteiger partial charge in [-0.25, -0.2) is 9.67 Å². The molecule has 0 saturated carbocycles. The lowest BCUT2D eigenvalue weighted by Gasteiger charge is -2.34. The first-order valence-corrected chi connectivity index (χ1v) is 12.9. The number of nitrogens with one attached hydrogen (secondary N) is 1. The number of amides is 1. The van der Waals surface area contributed by atoms with Crippen molar-refractivity contribution in [1.82, 2.24) is 29.9 Å². The Balaban J connectivity index is 1.19. The van der Waals surface area contributed by atoms with Crippen LogP contribution in [-0.4, -0.2) is 88.4 Å². The van der Waals surface area contributed by atoms with Gasteiger partial charge in [0, 0.05) is 51.9 Å². The number of piperidine rings is 2. The molecule has 0 radical (unpaired) electrons. The predicted octanol–water partition coefficient (Wildman–Crippen LogP) is 2.64. The van der Waals surface area contributed by atoms with Gasteiger partial charge in [-0.2, -0.15) is 5.10 Å². The molecule has 1 N–H and O–H groups in total. The fourth-order valence-corrected chi connectivity index (χ4v) is 5.73. The van der Waals surface area contributed by atoms with E-state index in [1.54, 1.807) is 4.68 Å². The Kier molecular flexibility index (Phi) is 6.83. The summed E-state index contributed by atoms with van der Waals surface area (Å²) < 4.78 is 1.75. The normalized spacial score (nSPS) is 23.5. The Bertz CT molecular complexity index is 959. The van der Waals surface area contributed by atoms with Gasteiger partial charge in [-0.15, -0.1) is 0 Å². The number of aromatic nitrogens is 3. The first kappa shape index (κ1) is 22.6. The Morgan fingerprint density at radius 2 is 1.67 bits per heavy atom. The van der Waals surface area contributed by atoms with E-state index in [9.17, 15) is 4.79 Å². The molecule has 180 valence electrons. The zero-order chi connectivity index (χ0) is 22.8. The van der Waals surface area contributed by atoms with Gasteiger partial charge in [-0.3, -0.25) is 4.79 Å². The van der Waals surface area contributed by atoms with Crippen molar-refractivity contribution in [2.75, 3.05) is 50.7 Å². The number of rotatable bonds is 6. The molecular weight excluding hydrogens is 414 g/mol. The van der Waals surface area contributed by atoms with Crippen molar-refractivity contribution in [2.45, 2.75) is 64.0 Å². The predicted molar refractivity (Wildman–Crippen MR) is 132 cm³/mol. The second kappa shape index (κ2) is 9.97. The van der Waals surface area contributed by atoms with Crippen molar-refractivity contribution in [2.24, 2.45) is 7.05 Å². The fraction of sp³-hybridized carbons (Fsp3) is 0.720. The molecule has 5 heterocycles. The highest BCUT2D eigenvalue weighted by Crippen LogP contribution is 2.26. The second-order valence-corrected chi connectivity index (χ2v) is 10.2. The molecular formula is C25H39N7O. The molecule has 3 fully saturated rings. The third-order valence-electron chi connectivity index (χ3n) is 7.84. The molecule has 5 rings (SSSR count). The van der Waals surface area contributed by atoms with Crippen molar-refractivity contribution < 1.29 is 4.79 Å². The molecule has 3 aliphatic heterocycles. The van der Waals surface area contributed by atoms with Crippen molar-refractivity contribution in [3.63, 3.8) is 0 Å². The van der Waals surface area contributed by atoms with Crippen LogP contribution >= 0.6 is 0 Å². The molecule has 2 aromatic rings. The number of likely N-dealkylation sites (tertiary alicyclic amines) is 2. The number of nitrogens with zero attached hydrogens (tertiary/aromatic N) is 6. The number of carbonyl (C=O) groups is 1. The van der Waals surface area contributed by atoms with Crippen LogP contribution in [0.25, 0.3) is 11.0 Å². The third-order valence-corrected chi connectivity index (χ3v) is 7.84. The van der Waals surface area contributed by atoms with Gasteiger partial charge in [-0.1, -0.05) is 0 Å². The number of hydrogen-bond donors (Lipinski definition) is 1. The van der Waals surface area contributed by atoms with E-state index in [-0.39, 0.29) is 11.9 Å². The maximum absolute atomic E-state index is 13.1. The van der Waals surface area contributed by atoms with Crippen molar-refractivity contribution in [3.8, 4) is 0 Å². The van der Waals surface area contributed by atoms with Gasteiger partial charge < -0.3 is 20.0 Å². The number of fused-ring (bicyclic) bond motifs is 1. The molecule has 3 aliphatic rings. The third kappa shape index (κ3) is 5.01. The minimum atomic E-state index is -0.0722. The molecule has 1 amide bonds. The summed E-state index contributed by atoms with van der Waals surface area (Å²) in [7, 11) is 1.88. The van der Waals surface area contributed by atoms with Gasteiger partial charge in [0.1, 0.15) is 5.82 Å². The van der Waals surface area contributed by atoms with E-state index in [0.29, 0.717) is 11.7 Å². The standard InChI is InChI=1S/C25H39N7O/c1-19-7-3-4-14-32(19)22-9-8-21-23(28-29(2)24(21)27-22)25(33)26-20-10-15-31(16-11-20)18-17-30-12-5-6-13-30/h8-9,19-20H,3-7,10-18H2,1-2H3,(H,26,33). The second-order valence-electron chi connectivity index (χ2n) is 10.2. The minimum absolute atomic E-state index is 0.0722. The Hall–Kier alpha value is -2.19. The van der Waals surface area contributed by atoms with Crippen LogP contribution in [-0.2, 0) is 7.05 Å². The zero-order valence-electron chi connectivity index (χ0n) is 20.3. The molecule has 0 aromatic carbocycles. The summed E-state index contributed by atoms with van der Waals surface area (Å²) in [5, 5.41) is 8.65. The van der Waals surface area contributed by atoms with Crippen LogP contribution in [0, 0.1) is 0 Å². The van der Waals surface area contributed by atoms with Crippen molar-refractivity contribution in [3.05, 3.63) is 17.8 Å². The van der Waals surface area contributed by atoms with Gasteiger partial charge >= 0.3 is 0 Å². The first-order valence-electron chi connectivity index (χ1n) is 12.9. The van der Waals surface area contributed by atoms with E-state index < -0.39 is 0 Å². The molecule has 0 spiro atoms. The van der Waals surface area contributed by atoms with E-state index in [4.69, 9.17) is 4.98 Å². The maximum atomic E-state index is 13.1. The number of hydrogen-bond acceptors (Lipinski definition) is 6. The molecule has 3 saturated heterocycles. The van der Waals surface area contributed by atoms with E-state index in [2.05, 4.69) is 38.1 Å². The van der Waals surface area contributed by atoms with Crippen LogP contribution in [0.5, 0.6) is 0 Å². The lowest BCUT2D eigenvalue weighted by Crippen LogP contribution is -2.46. The summed E-state index contributed by atoms with van der Waals surface area (Å²) >= 11 is 0. The van der Waals surface area contributed by atoms with Gasteiger partial charge in [0.25, 0.3) is 5.91 Å². The highest BCUT2D eigenvalue weighted by molar-refractivity contribution is 6.04. The van der Waals surface area contributed by atoms with Gasteiger partial charge in [0.15, 0.2) is 11.3 Å². The molecule has 1 atom stereocenters. The molecule has 33 heavy (non-hydrogen) atoms. The van der Waals surface area contributed by atoms with Gasteiger partial charge in [0.05, 0.1) is 5.39 Å². The van der Waals surface area contributed by atoms with E-state index >= 15 is 0 Å². The lowest BCUT2D eigenvalue weighted by atomic mass is 10.0. The number of aryl methyl sites for hydroxylation is 1. The summed E-state index contributed by atoms with van der Waals surface area (Å²) in [6.45, 7) is 10.3. The number of pyridine rings is 1. The average Bonchev–Trinajstić information content (AvgIpc) is 3.47. The summed E-state index contributed by atoms with van der Waals surface area (Å²) in [6, 6.07) is 4.81. The molecule has 8 heteroatoms. The minimum Gasteiger partial charge on any atom is -0.354 e. The van der Waals surface area contributed by atoms with Crippen molar-refractivity contribution >= 4 is 22.8 Å². The summed E-state index contributed by atoms with van der Waals surface area (Å²) in [5.74, 6) is 0.919. The van der Waals surface area contributed by atoms with Crippen LogP contribution < -0.4 is 10.2 Å². The Morgan fingerprint density at radius 1 is 0.970 bits per heavy atom. The SMILES string of the molecule is CC1CCCCN1c1ccc2c(C(=O)NC3CCN(CCN4CCCC4)CC3)nn(C)c2n1. The molecule has 2 aromatic heterocycles. The van der Waals surface area contributed by atoms with Crippen LogP contribution in [0.4, 0.5) is 5.82 Å². The Morgan fingerprint density at radius 3 is 2.39 bits per heavy atom. The summed E-state index contributed by atoms with van der Waals surface area (Å²) in [5.41, 5.74) is 1.28. The van der Waals surface area contributed by atoms with Crippen LogP contribution in [0.3, 0.4) is 0 Å². The fourth-order valence-electron chi connectivity index (χ4n) is 5.73.